The highest BCUT2D eigenvalue weighted by atomic mass is 16.5. The molecule has 3 atom stereocenters. The van der Waals surface area contributed by atoms with Crippen LogP contribution in [-0.4, -0.2) is 35.5 Å². The number of aliphatic hydroxyl groups excluding tert-OH is 1. The lowest BCUT2D eigenvalue weighted by atomic mass is 9.80. The van der Waals surface area contributed by atoms with Crippen LogP contribution in [0.3, 0.4) is 0 Å². The predicted molar refractivity (Wildman–Crippen MR) is 101 cm³/mol. The van der Waals surface area contributed by atoms with Crippen molar-refractivity contribution in [2.24, 2.45) is 17.3 Å². The van der Waals surface area contributed by atoms with Crippen molar-refractivity contribution in [3.05, 3.63) is 24.3 Å². The average molecular weight is 353 g/mol. The molecule has 1 saturated heterocycles. The highest BCUT2D eigenvalue weighted by Gasteiger charge is 2.28. The minimum Gasteiger partial charge on any atom is -0.481 e. The minimum atomic E-state index is -0.733. The Morgan fingerprint density at radius 3 is 2.72 bits per heavy atom. The van der Waals surface area contributed by atoms with Crippen LogP contribution in [-0.2, 0) is 9.53 Å². The van der Waals surface area contributed by atoms with Gasteiger partial charge in [-0.2, -0.15) is 0 Å². The Kier molecular flexibility index (Phi) is 10.1. The summed E-state index contributed by atoms with van der Waals surface area (Å²) in [6.07, 6.45) is 13.9. The maximum atomic E-state index is 10.5. The average Bonchev–Trinajstić information content (AvgIpc) is 3.01. The second kappa shape index (κ2) is 11.5. The Morgan fingerprint density at radius 2 is 2.04 bits per heavy atom. The van der Waals surface area contributed by atoms with Gasteiger partial charge in [0.1, 0.15) is 0 Å². The topological polar surface area (TPSA) is 66.8 Å². The summed E-state index contributed by atoms with van der Waals surface area (Å²) in [5.41, 5.74) is -0.0918. The van der Waals surface area contributed by atoms with Crippen molar-refractivity contribution in [1.82, 2.24) is 0 Å². The molecular weight excluding hydrogens is 316 g/mol. The Hall–Kier alpha value is -1.13. The molecule has 0 aromatic rings. The molecule has 144 valence electrons. The van der Waals surface area contributed by atoms with E-state index < -0.39 is 12.1 Å². The first kappa shape index (κ1) is 21.9. The molecule has 1 unspecified atom stereocenters. The van der Waals surface area contributed by atoms with E-state index in [-0.39, 0.29) is 11.8 Å². The van der Waals surface area contributed by atoms with E-state index in [2.05, 4.69) is 39.0 Å². The fourth-order valence-electron chi connectivity index (χ4n) is 3.12. The summed E-state index contributed by atoms with van der Waals surface area (Å²) in [6, 6.07) is 0. The summed E-state index contributed by atoms with van der Waals surface area (Å²) >= 11 is 0. The highest BCUT2D eigenvalue weighted by molar-refractivity contribution is 5.66. The van der Waals surface area contributed by atoms with Crippen LogP contribution in [0.1, 0.15) is 65.7 Å². The van der Waals surface area contributed by atoms with Crippen molar-refractivity contribution in [2.45, 2.75) is 71.8 Å². The van der Waals surface area contributed by atoms with Crippen molar-refractivity contribution >= 4 is 5.97 Å². The Labute approximate surface area is 153 Å². The molecule has 0 aromatic heterocycles. The molecular formula is C21H36O4. The zero-order chi connectivity index (χ0) is 18.7. The summed E-state index contributed by atoms with van der Waals surface area (Å²) in [5.74, 6) is 0.0569. The van der Waals surface area contributed by atoms with Gasteiger partial charge in [0.05, 0.1) is 19.3 Å². The van der Waals surface area contributed by atoms with E-state index >= 15 is 0 Å². The van der Waals surface area contributed by atoms with Crippen molar-refractivity contribution in [3.63, 3.8) is 0 Å². The first-order chi connectivity index (χ1) is 11.9. The number of unbranched alkanes of at least 4 members (excludes halogenated alkanes) is 2. The third-order valence-electron chi connectivity index (χ3n) is 5.13. The SMILES string of the molecule is CCCCC(C)(C)C(O)/C=C/[C@@H]1COC[C@@H]1C/C=C\CCCC(=O)O. The van der Waals surface area contributed by atoms with Crippen LogP contribution in [0.4, 0.5) is 0 Å². The number of hydrogen-bond acceptors (Lipinski definition) is 3. The lowest BCUT2D eigenvalue weighted by Crippen LogP contribution is -2.27. The van der Waals surface area contributed by atoms with Gasteiger partial charge in [-0.25, -0.2) is 0 Å². The van der Waals surface area contributed by atoms with Gasteiger partial charge in [-0.3, -0.25) is 4.79 Å². The third-order valence-corrected chi connectivity index (χ3v) is 5.13. The van der Waals surface area contributed by atoms with Gasteiger partial charge in [0.25, 0.3) is 0 Å². The van der Waals surface area contributed by atoms with E-state index in [4.69, 9.17) is 9.84 Å². The van der Waals surface area contributed by atoms with Gasteiger partial charge in [-0.1, -0.05) is 57.9 Å². The zero-order valence-electron chi connectivity index (χ0n) is 16.1. The first-order valence-corrected chi connectivity index (χ1v) is 9.67. The van der Waals surface area contributed by atoms with Crippen LogP contribution in [0.25, 0.3) is 0 Å². The van der Waals surface area contributed by atoms with Crippen LogP contribution in [0.5, 0.6) is 0 Å². The normalized spacial score (nSPS) is 22.9. The molecule has 2 N–H and O–H groups in total. The van der Waals surface area contributed by atoms with E-state index in [0.717, 1.165) is 45.3 Å². The monoisotopic (exact) mass is 352 g/mol. The van der Waals surface area contributed by atoms with Gasteiger partial charge in [0, 0.05) is 12.3 Å². The highest BCUT2D eigenvalue weighted by Crippen LogP contribution is 2.30. The number of aliphatic carboxylic acids is 1. The van der Waals surface area contributed by atoms with Crippen LogP contribution in [0.15, 0.2) is 24.3 Å². The Bertz CT molecular complexity index is 439. The van der Waals surface area contributed by atoms with Crippen LogP contribution in [0.2, 0.25) is 0 Å². The number of aliphatic hydroxyl groups is 1. The van der Waals surface area contributed by atoms with Crippen LogP contribution in [0, 0.1) is 17.3 Å². The fraction of sp³-hybridized carbons (Fsp3) is 0.762. The van der Waals surface area contributed by atoms with E-state index in [1.807, 2.05) is 6.08 Å². The second-order valence-electron chi connectivity index (χ2n) is 7.88. The van der Waals surface area contributed by atoms with Crippen molar-refractivity contribution in [2.75, 3.05) is 13.2 Å². The Balaban J connectivity index is 2.41. The molecule has 0 radical (unpaired) electrons. The van der Waals surface area contributed by atoms with Crippen molar-refractivity contribution < 1.29 is 19.7 Å². The lowest BCUT2D eigenvalue weighted by Gasteiger charge is -2.28. The molecule has 25 heavy (non-hydrogen) atoms. The molecule has 4 heteroatoms. The largest absolute Gasteiger partial charge is 0.481 e. The Morgan fingerprint density at radius 1 is 1.28 bits per heavy atom. The van der Waals surface area contributed by atoms with E-state index in [1.165, 1.54) is 0 Å². The standard InChI is InChI=1S/C21H36O4/c1-4-5-14-21(2,3)19(22)13-12-18-16-25-15-17(18)10-8-6-7-9-11-20(23)24/h6,8,12-13,17-19,22H,4-5,7,9-11,14-16H2,1-3H3,(H,23,24)/b8-6-,13-12+/t17-,18+,19?/m0/s1. The molecule has 1 aliphatic heterocycles. The minimum absolute atomic E-state index is 0.0918. The van der Waals surface area contributed by atoms with Gasteiger partial charge in [-0.15, -0.1) is 0 Å². The van der Waals surface area contributed by atoms with Crippen LogP contribution >= 0.6 is 0 Å². The first-order valence-electron chi connectivity index (χ1n) is 9.67. The molecule has 0 saturated carbocycles. The number of carbonyl (C=O) groups is 1. The van der Waals surface area contributed by atoms with E-state index in [9.17, 15) is 9.90 Å². The number of ether oxygens (including phenoxy) is 1. The summed E-state index contributed by atoms with van der Waals surface area (Å²) in [7, 11) is 0. The van der Waals surface area contributed by atoms with Gasteiger partial charge in [0.15, 0.2) is 0 Å². The van der Waals surface area contributed by atoms with Gasteiger partial charge in [0.2, 0.25) is 0 Å². The molecule has 1 heterocycles. The molecule has 0 bridgehead atoms. The molecule has 0 amide bonds. The van der Waals surface area contributed by atoms with E-state index in [0.29, 0.717) is 18.3 Å². The molecule has 0 aromatic carbocycles. The van der Waals surface area contributed by atoms with Crippen LogP contribution < -0.4 is 0 Å². The van der Waals surface area contributed by atoms with Crippen molar-refractivity contribution in [1.29, 1.82) is 0 Å². The molecule has 1 fully saturated rings. The number of carboxylic acid groups (broad SMARTS) is 1. The quantitative estimate of drug-likeness (QED) is 0.398. The number of allylic oxidation sites excluding steroid dienone is 2. The molecule has 0 aliphatic carbocycles. The molecule has 4 nitrogen and oxygen atoms in total. The van der Waals surface area contributed by atoms with Gasteiger partial charge >= 0.3 is 5.97 Å². The summed E-state index contributed by atoms with van der Waals surface area (Å²) in [4.78, 5) is 10.5. The summed E-state index contributed by atoms with van der Waals surface area (Å²) < 4.78 is 5.62. The fourth-order valence-corrected chi connectivity index (χ4v) is 3.12. The third kappa shape index (κ3) is 8.68. The maximum absolute atomic E-state index is 10.5. The lowest BCUT2D eigenvalue weighted by molar-refractivity contribution is -0.137. The number of carboxylic acids is 1. The van der Waals surface area contributed by atoms with Gasteiger partial charge in [-0.05, 0) is 37.0 Å². The summed E-state index contributed by atoms with van der Waals surface area (Å²) in [6.45, 7) is 7.90. The maximum Gasteiger partial charge on any atom is 0.303 e. The predicted octanol–water partition coefficient (Wildman–Crippen LogP) is 4.58. The van der Waals surface area contributed by atoms with E-state index in [1.54, 1.807) is 0 Å². The smallest absolute Gasteiger partial charge is 0.303 e. The van der Waals surface area contributed by atoms with Gasteiger partial charge < -0.3 is 14.9 Å². The summed E-state index contributed by atoms with van der Waals surface area (Å²) in [5, 5.41) is 19.1. The molecule has 1 rings (SSSR count). The molecule has 0 spiro atoms. The van der Waals surface area contributed by atoms with Crippen molar-refractivity contribution in [3.8, 4) is 0 Å². The number of hydrogen-bond donors (Lipinski definition) is 2. The second-order valence-corrected chi connectivity index (χ2v) is 7.88. The number of rotatable bonds is 12. The zero-order valence-corrected chi connectivity index (χ0v) is 16.1. The molecule has 1 aliphatic rings.